The number of aromatic nitrogens is 2. The third-order valence-corrected chi connectivity index (χ3v) is 3.63. The second-order valence-electron chi connectivity index (χ2n) is 5.14. The number of hydrogen-bond donors (Lipinski definition) is 2. The highest BCUT2D eigenvalue weighted by Gasteiger charge is 2.15. The van der Waals surface area contributed by atoms with Crippen molar-refractivity contribution in [2.24, 2.45) is 5.92 Å². The summed E-state index contributed by atoms with van der Waals surface area (Å²) in [5.74, 6) is 1.85. The first-order chi connectivity index (χ1) is 9.86. The molecule has 1 aromatic carbocycles. The lowest BCUT2D eigenvalue weighted by Gasteiger charge is -2.22. The quantitative estimate of drug-likeness (QED) is 0.892. The normalized spacial score (nSPS) is 18.9. The molecule has 20 heavy (non-hydrogen) atoms. The van der Waals surface area contributed by atoms with Crippen LogP contribution in [0.2, 0.25) is 0 Å². The first-order valence-electron chi connectivity index (χ1n) is 7.15. The minimum Gasteiger partial charge on any atom is -0.475 e. The molecule has 5 nitrogen and oxygen atoms in total. The second-order valence-corrected chi connectivity index (χ2v) is 5.14. The molecule has 1 unspecified atom stereocenters. The molecule has 0 saturated carbocycles. The Morgan fingerprint density at radius 3 is 2.80 bits per heavy atom. The molecule has 5 heteroatoms. The molecule has 1 aromatic heterocycles. The lowest BCUT2D eigenvalue weighted by atomic mass is 10.0. The molecule has 2 aromatic rings. The number of hydrogen-bond acceptors (Lipinski definition) is 5. The van der Waals surface area contributed by atoms with Gasteiger partial charge in [0.1, 0.15) is 0 Å². The fraction of sp³-hybridized carbons (Fsp3) is 0.467. The Morgan fingerprint density at radius 1 is 1.30 bits per heavy atom. The van der Waals surface area contributed by atoms with Crippen LogP contribution in [0.25, 0.3) is 11.0 Å². The van der Waals surface area contributed by atoms with Crippen molar-refractivity contribution in [3.05, 3.63) is 24.3 Å². The van der Waals surface area contributed by atoms with Gasteiger partial charge in [0.15, 0.2) is 5.82 Å². The average molecular weight is 272 g/mol. The van der Waals surface area contributed by atoms with E-state index in [9.17, 15) is 0 Å². The van der Waals surface area contributed by atoms with Crippen LogP contribution < -0.4 is 15.4 Å². The van der Waals surface area contributed by atoms with Gasteiger partial charge in [-0.2, -0.15) is 0 Å². The fourth-order valence-corrected chi connectivity index (χ4v) is 2.51. The number of piperidine rings is 1. The second kappa shape index (κ2) is 6.05. The lowest BCUT2D eigenvalue weighted by Crippen LogP contribution is -2.33. The van der Waals surface area contributed by atoms with E-state index in [1.54, 1.807) is 0 Å². The molecule has 1 atom stereocenters. The molecule has 2 N–H and O–H groups in total. The van der Waals surface area contributed by atoms with E-state index in [2.05, 4.69) is 20.6 Å². The molecule has 106 valence electrons. The summed E-state index contributed by atoms with van der Waals surface area (Å²) < 4.78 is 5.90. The standard InChI is InChI=1S/C15H20N4O/c1-16-14-15(20-10-11-5-4-8-17-9-11)19-13-7-3-2-6-12(13)18-14/h2-3,6-7,11,17H,4-5,8-10H2,1H3,(H,16,18). The number of ether oxygens (including phenoxy) is 1. The van der Waals surface area contributed by atoms with Crippen LogP contribution in [0, 0.1) is 5.92 Å². The molecule has 0 radical (unpaired) electrons. The molecule has 1 aliphatic rings. The molecule has 0 amide bonds. The van der Waals surface area contributed by atoms with Crippen molar-refractivity contribution < 1.29 is 4.74 Å². The number of fused-ring (bicyclic) bond motifs is 1. The molecule has 1 saturated heterocycles. The summed E-state index contributed by atoms with van der Waals surface area (Å²) >= 11 is 0. The van der Waals surface area contributed by atoms with Crippen molar-refractivity contribution in [3.8, 4) is 5.88 Å². The number of nitrogens with one attached hydrogen (secondary N) is 2. The summed E-state index contributed by atoms with van der Waals surface area (Å²) in [5.41, 5.74) is 1.74. The molecule has 0 aliphatic carbocycles. The van der Waals surface area contributed by atoms with Crippen molar-refractivity contribution in [2.45, 2.75) is 12.8 Å². The molecular formula is C15H20N4O. The highest BCUT2D eigenvalue weighted by Crippen LogP contribution is 2.24. The zero-order valence-electron chi connectivity index (χ0n) is 11.7. The van der Waals surface area contributed by atoms with Crippen LogP contribution in [0.15, 0.2) is 24.3 Å². The predicted octanol–water partition coefficient (Wildman–Crippen LogP) is 2.05. The van der Waals surface area contributed by atoms with Gasteiger partial charge in [0.25, 0.3) is 5.88 Å². The Kier molecular flexibility index (Phi) is 3.97. The topological polar surface area (TPSA) is 59.1 Å². The SMILES string of the molecule is CNc1nc2ccccc2nc1OCC1CCCNC1. The fourth-order valence-electron chi connectivity index (χ4n) is 2.51. The van der Waals surface area contributed by atoms with E-state index >= 15 is 0 Å². The van der Waals surface area contributed by atoms with Gasteiger partial charge in [0.05, 0.1) is 17.6 Å². The van der Waals surface area contributed by atoms with Crippen molar-refractivity contribution in [1.29, 1.82) is 0 Å². The minimum absolute atomic E-state index is 0.557. The third-order valence-electron chi connectivity index (χ3n) is 3.63. The lowest BCUT2D eigenvalue weighted by molar-refractivity contribution is 0.213. The van der Waals surface area contributed by atoms with Gasteiger partial charge >= 0.3 is 0 Å². The van der Waals surface area contributed by atoms with Gasteiger partial charge < -0.3 is 15.4 Å². The van der Waals surface area contributed by atoms with Gasteiger partial charge in [0, 0.05) is 19.5 Å². The van der Waals surface area contributed by atoms with Crippen LogP contribution in [0.4, 0.5) is 5.82 Å². The van der Waals surface area contributed by atoms with Crippen LogP contribution in [-0.2, 0) is 0 Å². The third kappa shape index (κ3) is 2.82. The van der Waals surface area contributed by atoms with Gasteiger partial charge in [-0.25, -0.2) is 9.97 Å². The van der Waals surface area contributed by atoms with E-state index in [4.69, 9.17) is 4.74 Å². The van der Waals surface area contributed by atoms with Gasteiger partial charge in [0.2, 0.25) is 0 Å². The van der Waals surface area contributed by atoms with E-state index in [0.29, 0.717) is 24.2 Å². The monoisotopic (exact) mass is 272 g/mol. The highest BCUT2D eigenvalue weighted by atomic mass is 16.5. The molecule has 0 spiro atoms. The summed E-state index contributed by atoms with van der Waals surface area (Å²) in [6.45, 7) is 2.83. The van der Waals surface area contributed by atoms with Crippen LogP contribution in [-0.4, -0.2) is 36.7 Å². The van der Waals surface area contributed by atoms with Crippen LogP contribution >= 0.6 is 0 Å². The summed E-state index contributed by atoms with van der Waals surface area (Å²) in [5, 5.41) is 6.46. The smallest absolute Gasteiger partial charge is 0.258 e. The molecule has 0 bridgehead atoms. The van der Waals surface area contributed by atoms with Crippen molar-refractivity contribution >= 4 is 16.9 Å². The predicted molar refractivity (Wildman–Crippen MR) is 80.2 cm³/mol. The first kappa shape index (κ1) is 13.1. The number of rotatable bonds is 4. The maximum absolute atomic E-state index is 5.90. The van der Waals surface area contributed by atoms with Gasteiger partial charge in [-0.15, -0.1) is 0 Å². The Labute approximate surface area is 118 Å². The molecule has 1 aliphatic heterocycles. The van der Waals surface area contributed by atoms with Gasteiger partial charge in [-0.05, 0) is 31.5 Å². The van der Waals surface area contributed by atoms with Crippen molar-refractivity contribution in [1.82, 2.24) is 15.3 Å². The molecule has 2 heterocycles. The van der Waals surface area contributed by atoms with Crippen molar-refractivity contribution in [2.75, 3.05) is 32.1 Å². The summed E-state index contributed by atoms with van der Waals surface area (Å²) in [7, 11) is 1.84. The van der Waals surface area contributed by atoms with E-state index in [1.807, 2.05) is 31.3 Å². The van der Waals surface area contributed by atoms with Crippen LogP contribution in [0.1, 0.15) is 12.8 Å². The number of benzene rings is 1. The summed E-state index contributed by atoms with van der Waals surface area (Å²) in [4.78, 5) is 9.11. The summed E-state index contributed by atoms with van der Waals surface area (Å²) in [6, 6.07) is 7.84. The summed E-state index contributed by atoms with van der Waals surface area (Å²) in [6.07, 6.45) is 2.43. The average Bonchev–Trinajstić information content (AvgIpc) is 2.53. The Bertz CT molecular complexity index is 581. The van der Waals surface area contributed by atoms with Crippen molar-refractivity contribution in [3.63, 3.8) is 0 Å². The van der Waals surface area contributed by atoms with E-state index < -0.39 is 0 Å². The maximum Gasteiger partial charge on any atom is 0.258 e. The Hall–Kier alpha value is -1.88. The Balaban J connectivity index is 1.78. The zero-order chi connectivity index (χ0) is 13.8. The van der Waals surface area contributed by atoms with Gasteiger partial charge in [-0.3, -0.25) is 0 Å². The number of anilines is 1. The van der Waals surface area contributed by atoms with Gasteiger partial charge in [-0.1, -0.05) is 12.1 Å². The van der Waals surface area contributed by atoms with E-state index in [-0.39, 0.29) is 0 Å². The van der Waals surface area contributed by atoms with E-state index in [1.165, 1.54) is 12.8 Å². The molecular weight excluding hydrogens is 252 g/mol. The number of nitrogens with zero attached hydrogens (tertiary/aromatic N) is 2. The Morgan fingerprint density at radius 2 is 2.10 bits per heavy atom. The van der Waals surface area contributed by atoms with Crippen LogP contribution in [0.3, 0.4) is 0 Å². The first-order valence-corrected chi connectivity index (χ1v) is 7.15. The molecule has 3 rings (SSSR count). The largest absolute Gasteiger partial charge is 0.475 e. The maximum atomic E-state index is 5.90. The van der Waals surface area contributed by atoms with E-state index in [0.717, 1.165) is 24.1 Å². The highest BCUT2D eigenvalue weighted by molar-refractivity contribution is 5.77. The zero-order valence-corrected chi connectivity index (χ0v) is 11.7. The number of para-hydroxylation sites is 2. The minimum atomic E-state index is 0.557. The molecule has 1 fully saturated rings. The van der Waals surface area contributed by atoms with Crippen LogP contribution in [0.5, 0.6) is 5.88 Å².